The van der Waals surface area contributed by atoms with Gasteiger partial charge in [-0.2, -0.15) is 0 Å². The second-order valence-corrected chi connectivity index (χ2v) is 3.15. The first kappa shape index (κ1) is 12.1. The third kappa shape index (κ3) is 3.57. The number of carbonyl (C=O) groups excluding carboxylic acids is 2. The maximum absolute atomic E-state index is 11.3. The minimum atomic E-state index is -0.326. The lowest BCUT2D eigenvalue weighted by Crippen LogP contribution is -2.26. The summed E-state index contributed by atoms with van der Waals surface area (Å²) in [6, 6.07) is 0. The molecule has 0 spiro atoms. The van der Waals surface area contributed by atoms with E-state index in [0.717, 1.165) is 0 Å². The monoisotopic (exact) mass is 186 g/mol. The van der Waals surface area contributed by atoms with Crippen molar-refractivity contribution in [1.29, 1.82) is 0 Å². The van der Waals surface area contributed by atoms with Crippen LogP contribution in [-0.4, -0.2) is 18.4 Å². The van der Waals surface area contributed by atoms with Crippen LogP contribution in [0.5, 0.6) is 0 Å². The molecule has 13 heavy (non-hydrogen) atoms. The Bertz CT molecular complexity index is 187. The van der Waals surface area contributed by atoms with Crippen LogP contribution in [0.4, 0.5) is 0 Å². The smallest absolute Gasteiger partial charge is 0.309 e. The lowest BCUT2D eigenvalue weighted by Gasteiger charge is -2.16. The van der Waals surface area contributed by atoms with E-state index in [9.17, 15) is 9.59 Å². The van der Waals surface area contributed by atoms with Crippen LogP contribution in [0.15, 0.2) is 0 Å². The summed E-state index contributed by atoms with van der Waals surface area (Å²) in [6.07, 6.45) is 0.477. The number of ketones is 1. The molecule has 3 heteroatoms. The Kier molecular flexibility index (Phi) is 5.35. The van der Waals surface area contributed by atoms with Crippen molar-refractivity contribution in [2.24, 2.45) is 11.8 Å². The molecule has 76 valence electrons. The van der Waals surface area contributed by atoms with Gasteiger partial charge in [-0.25, -0.2) is 0 Å². The molecule has 2 atom stereocenters. The highest BCUT2D eigenvalue weighted by molar-refractivity contribution is 5.86. The van der Waals surface area contributed by atoms with Gasteiger partial charge in [0, 0.05) is 12.3 Å². The van der Waals surface area contributed by atoms with E-state index in [2.05, 4.69) is 0 Å². The van der Waals surface area contributed by atoms with Gasteiger partial charge in [-0.1, -0.05) is 20.8 Å². The van der Waals surface area contributed by atoms with E-state index in [1.807, 2.05) is 0 Å². The zero-order valence-electron chi connectivity index (χ0n) is 8.79. The largest absolute Gasteiger partial charge is 0.466 e. The van der Waals surface area contributed by atoms with E-state index >= 15 is 0 Å². The fourth-order valence-electron chi connectivity index (χ4n) is 1.08. The first-order valence-electron chi connectivity index (χ1n) is 4.73. The minimum Gasteiger partial charge on any atom is -0.466 e. The molecular formula is C10H18O3. The molecule has 0 aromatic heterocycles. The summed E-state index contributed by atoms with van der Waals surface area (Å²) >= 11 is 0. The Morgan fingerprint density at radius 1 is 1.15 bits per heavy atom. The Morgan fingerprint density at radius 3 is 2.08 bits per heavy atom. The van der Waals surface area contributed by atoms with E-state index in [-0.39, 0.29) is 23.6 Å². The number of Topliss-reactive ketones (excluding diaryl/α,β-unsaturated/α-hetero) is 1. The van der Waals surface area contributed by atoms with Crippen molar-refractivity contribution < 1.29 is 14.3 Å². The highest BCUT2D eigenvalue weighted by atomic mass is 16.5. The van der Waals surface area contributed by atoms with Gasteiger partial charge in [0.2, 0.25) is 0 Å². The summed E-state index contributed by atoms with van der Waals surface area (Å²) < 4.78 is 4.83. The zero-order valence-corrected chi connectivity index (χ0v) is 8.79. The SMILES string of the molecule is CCOC(=O)[C@@H](C)[C@H](C)C(=O)CC. The van der Waals surface area contributed by atoms with Crippen molar-refractivity contribution in [1.82, 2.24) is 0 Å². The minimum absolute atomic E-state index is 0.112. The summed E-state index contributed by atoms with van der Waals surface area (Å²) in [7, 11) is 0. The van der Waals surface area contributed by atoms with Crippen LogP contribution in [0.1, 0.15) is 34.1 Å². The Balaban J connectivity index is 4.16. The molecule has 0 amide bonds. The predicted octanol–water partition coefficient (Wildman–Crippen LogP) is 1.80. The quantitative estimate of drug-likeness (QED) is 0.615. The lowest BCUT2D eigenvalue weighted by molar-refractivity contribution is -0.151. The fourth-order valence-corrected chi connectivity index (χ4v) is 1.08. The van der Waals surface area contributed by atoms with Gasteiger partial charge in [0.15, 0.2) is 0 Å². The summed E-state index contributed by atoms with van der Waals surface area (Å²) in [5.41, 5.74) is 0. The molecule has 0 aliphatic heterocycles. The number of hydrogen-bond acceptors (Lipinski definition) is 3. The summed E-state index contributed by atoms with van der Waals surface area (Å²) in [5.74, 6) is -0.728. The molecule has 0 saturated heterocycles. The maximum Gasteiger partial charge on any atom is 0.309 e. The molecule has 0 radical (unpaired) electrons. The molecule has 0 saturated carbocycles. The standard InChI is InChI=1S/C10H18O3/c1-5-9(11)7(3)8(4)10(12)13-6-2/h7-8H,5-6H2,1-4H3/t7-,8-/m0/s1. The van der Waals surface area contributed by atoms with E-state index in [1.165, 1.54) is 0 Å². The highest BCUT2D eigenvalue weighted by Crippen LogP contribution is 2.15. The number of hydrogen-bond donors (Lipinski definition) is 0. The molecule has 3 nitrogen and oxygen atoms in total. The average Bonchev–Trinajstić information content (AvgIpc) is 2.14. The van der Waals surface area contributed by atoms with Crippen LogP contribution in [0.3, 0.4) is 0 Å². The Labute approximate surface area is 79.5 Å². The molecule has 0 rings (SSSR count). The number of rotatable bonds is 5. The van der Waals surface area contributed by atoms with Crippen molar-refractivity contribution in [2.75, 3.05) is 6.61 Å². The van der Waals surface area contributed by atoms with Gasteiger partial charge >= 0.3 is 5.97 Å². The molecule has 0 aliphatic carbocycles. The van der Waals surface area contributed by atoms with Crippen molar-refractivity contribution in [3.05, 3.63) is 0 Å². The van der Waals surface area contributed by atoms with Crippen LogP contribution in [0.25, 0.3) is 0 Å². The van der Waals surface area contributed by atoms with Crippen LogP contribution in [-0.2, 0) is 14.3 Å². The molecule has 0 aliphatic rings. The molecule has 0 fully saturated rings. The van der Waals surface area contributed by atoms with Crippen molar-refractivity contribution in [2.45, 2.75) is 34.1 Å². The molecule has 0 aromatic carbocycles. The molecule has 0 unspecified atom stereocenters. The van der Waals surface area contributed by atoms with Gasteiger partial charge in [0.25, 0.3) is 0 Å². The van der Waals surface area contributed by atoms with Crippen molar-refractivity contribution >= 4 is 11.8 Å². The van der Waals surface area contributed by atoms with Crippen molar-refractivity contribution in [3.8, 4) is 0 Å². The van der Waals surface area contributed by atoms with Gasteiger partial charge < -0.3 is 4.74 Å². The van der Waals surface area contributed by atoms with Crippen LogP contribution >= 0.6 is 0 Å². The van der Waals surface area contributed by atoms with Gasteiger partial charge in [0.05, 0.1) is 12.5 Å². The molecule has 0 N–H and O–H groups in total. The average molecular weight is 186 g/mol. The molecule has 0 heterocycles. The van der Waals surface area contributed by atoms with E-state index in [0.29, 0.717) is 13.0 Å². The first-order valence-corrected chi connectivity index (χ1v) is 4.73. The summed E-state index contributed by atoms with van der Waals surface area (Å²) in [6.45, 7) is 7.44. The second-order valence-electron chi connectivity index (χ2n) is 3.15. The van der Waals surface area contributed by atoms with Gasteiger partial charge in [-0.15, -0.1) is 0 Å². The molecular weight excluding hydrogens is 168 g/mol. The summed E-state index contributed by atoms with van der Waals surface area (Å²) in [4.78, 5) is 22.5. The van der Waals surface area contributed by atoms with E-state index < -0.39 is 0 Å². The number of esters is 1. The normalized spacial score (nSPS) is 14.8. The number of carbonyl (C=O) groups is 2. The maximum atomic E-state index is 11.3. The summed E-state index contributed by atoms with van der Waals surface area (Å²) in [5, 5.41) is 0. The van der Waals surface area contributed by atoms with Crippen molar-refractivity contribution in [3.63, 3.8) is 0 Å². The fraction of sp³-hybridized carbons (Fsp3) is 0.800. The predicted molar refractivity (Wildman–Crippen MR) is 50.3 cm³/mol. The van der Waals surface area contributed by atoms with Gasteiger partial charge in [-0.3, -0.25) is 9.59 Å². The molecule has 0 bridgehead atoms. The van der Waals surface area contributed by atoms with Crippen LogP contribution in [0.2, 0.25) is 0 Å². The highest BCUT2D eigenvalue weighted by Gasteiger charge is 2.25. The van der Waals surface area contributed by atoms with Gasteiger partial charge in [-0.05, 0) is 6.92 Å². The second kappa shape index (κ2) is 5.73. The van der Waals surface area contributed by atoms with Crippen LogP contribution in [0, 0.1) is 11.8 Å². The van der Waals surface area contributed by atoms with E-state index in [1.54, 1.807) is 27.7 Å². The Morgan fingerprint density at radius 2 is 1.69 bits per heavy atom. The van der Waals surface area contributed by atoms with Gasteiger partial charge in [0.1, 0.15) is 5.78 Å². The first-order chi connectivity index (χ1) is 6.04. The van der Waals surface area contributed by atoms with Crippen LogP contribution < -0.4 is 0 Å². The topological polar surface area (TPSA) is 43.4 Å². The van der Waals surface area contributed by atoms with E-state index in [4.69, 9.17) is 4.74 Å². The number of ether oxygens (including phenoxy) is 1. The molecule has 0 aromatic rings. The zero-order chi connectivity index (χ0) is 10.4. The third-order valence-electron chi connectivity index (χ3n) is 2.26. The third-order valence-corrected chi connectivity index (χ3v) is 2.26. The Hall–Kier alpha value is -0.860. The lowest BCUT2D eigenvalue weighted by atomic mass is 9.91.